The number of nitrogens with zero attached hydrogens (tertiary/aromatic N) is 3. The fraction of sp³-hybridized carbons (Fsp3) is 0.412. The molecule has 1 fully saturated rings. The van der Waals surface area contributed by atoms with E-state index >= 15 is 0 Å². The molecule has 132 valence electrons. The van der Waals surface area contributed by atoms with E-state index in [2.05, 4.69) is 20.7 Å². The number of benzene rings is 1. The Bertz CT molecular complexity index is 758. The summed E-state index contributed by atoms with van der Waals surface area (Å²) in [5.41, 5.74) is 0.961. The van der Waals surface area contributed by atoms with E-state index in [4.69, 9.17) is 0 Å². The quantitative estimate of drug-likeness (QED) is 0.774. The molecule has 1 atom stereocenters. The molecule has 8 heteroatoms. The number of aromatic nitrogens is 3. The van der Waals surface area contributed by atoms with Gasteiger partial charge >= 0.3 is 6.03 Å². The van der Waals surface area contributed by atoms with Gasteiger partial charge in [0.1, 0.15) is 5.82 Å². The highest BCUT2D eigenvalue weighted by Gasteiger charge is 2.31. The lowest BCUT2D eigenvalue weighted by Crippen LogP contribution is -2.42. The monoisotopic (exact) mass is 359 g/mol. The van der Waals surface area contributed by atoms with Crippen LogP contribution in [0.1, 0.15) is 38.4 Å². The van der Waals surface area contributed by atoms with Gasteiger partial charge in [0.2, 0.25) is 11.1 Å². The summed E-state index contributed by atoms with van der Waals surface area (Å²) in [5.74, 6) is 1.01. The maximum atomic E-state index is 12.1. The van der Waals surface area contributed by atoms with Gasteiger partial charge in [0.25, 0.3) is 0 Å². The Hall–Kier alpha value is -2.35. The fourth-order valence-electron chi connectivity index (χ4n) is 2.35. The number of para-hydroxylation sites is 1. The minimum Gasteiger partial charge on any atom is -0.338 e. The van der Waals surface area contributed by atoms with E-state index in [0.717, 1.165) is 24.4 Å². The van der Waals surface area contributed by atoms with Gasteiger partial charge in [-0.3, -0.25) is 10.1 Å². The summed E-state index contributed by atoms with van der Waals surface area (Å²) in [6.07, 6.45) is 2.23. The van der Waals surface area contributed by atoms with Gasteiger partial charge in [-0.15, -0.1) is 5.10 Å². The zero-order chi connectivity index (χ0) is 17.8. The molecule has 0 spiro atoms. The predicted molar refractivity (Wildman–Crippen MR) is 95.9 cm³/mol. The van der Waals surface area contributed by atoms with Crippen LogP contribution in [0.5, 0.6) is 0 Å². The molecule has 2 N–H and O–H groups in total. The van der Waals surface area contributed by atoms with Crippen LogP contribution in [0.15, 0.2) is 35.5 Å². The number of thioether (sulfide) groups is 1. The van der Waals surface area contributed by atoms with Crippen molar-refractivity contribution in [2.75, 3.05) is 6.54 Å². The number of carbonyl (C=O) groups is 2. The molecule has 0 aliphatic heterocycles. The van der Waals surface area contributed by atoms with Gasteiger partial charge in [0.05, 0.1) is 10.9 Å². The summed E-state index contributed by atoms with van der Waals surface area (Å²) in [4.78, 5) is 28.2. The molecule has 7 nitrogen and oxygen atoms in total. The third-order valence-electron chi connectivity index (χ3n) is 3.78. The Morgan fingerprint density at radius 1 is 1.32 bits per heavy atom. The van der Waals surface area contributed by atoms with Crippen molar-refractivity contribution in [2.45, 2.75) is 43.0 Å². The third-order valence-corrected chi connectivity index (χ3v) is 4.73. The van der Waals surface area contributed by atoms with Crippen molar-refractivity contribution in [1.29, 1.82) is 0 Å². The van der Waals surface area contributed by atoms with E-state index in [1.807, 2.05) is 35.0 Å². The summed E-state index contributed by atoms with van der Waals surface area (Å²) in [5, 5.41) is 9.50. The number of nitrogens with one attached hydrogen (secondary N) is 2. The summed E-state index contributed by atoms with van der Waals surface area (Å²) in [6.45, 7) is 4.00. The van der Waals surface area contributed by atoms with Crippen LogP contribution in [0, 0.1) is 0 Å². The van der Waals surface area contributed by atoms with Crippen LogP contribution < -0.4 is 10.6 Å². The van der Waals surface area contributed by atoms with Crippen molar-refractivity contribution < 1.29 is 9.59 Å². The Balaban J connectivity index is 1.73. The number of hydrogen-bond acceptors (Lipinski definition) is 5. The van der Waals surface area contributed by atoms with Gasteiger partial charge in [0, 0.05) is 12.5 Å². The normalized spacial score (nSPS) is 14.8. The first-order valence-corrected chi connectivity index (χ1v) is 9.24. The van der Waals surface area contributed by atoms with Gasteiger partial charge in [-0.25, -0.2) is 14.5 Å². The van der Waals surface area contributed by atoms with Crippen LogP contribution in [-0.4, -0.2) is 38.5 Å². The van der Waals surface area contributed by atoms with E-state index in [0.29, 0.717) is 17.6 Å². The highest BCUT2D eigenvalue weighted by Crippen LogP contribution is 2.40. The Labute approximate surface area is 150 Å². The first-order chi connectivity index (χ1) is 12.1. The Morgan fingerprint density at radius 2 is 2.04 bits per heavy atom. The second-order valence-electron chi connectivity index (χ2n) is 5.88. The van der Waals surface area contributed by atoms with Gasteiger partial charge < -0.3 is 5.32 Å². The standard InChI is InChI=1S/C17H21N5O2S/c1-3-18-16(24)20-15(23)11(2)25-17-19-14(12-9-10-12)22(21-17)13-7-5-4-6-8-13/h4-8,11-12H,3,9-10H2,1-2H3,(H2,18,20,23,24). The summed E-state index contributed by atoms with van der Waals surface area (Å²) < 4.78 is 1.86. The predicted octanol–water partition coefficient (Wildman–Crippen LogP) is 2.47. The van der Waals surface area contributed by atoms with Crippen molar-refractivity contribution in [3.8, 4) is 5.69 Å². The highest BCUT2D eigenvalue weighted by molar-refractivity contribution is 8.00. The molecule has 3 rings (SSSR count). The summed E-state index contributed by atoms with van der Waals surface area (Å²) in [7, 11) is 0. The van der Waals surface area contributed by atoms with Crippen molar-refractivity contribution in [1.82, 2.24) is 25.4 Å². The first-order valence-electron chi connectivity index (χ1n) is 8.36. The number of rotatable bonds is 6. The maximum absolute atomic E-state index is 12.1. The van der Waals surface area contributed by atoms with E-state index in [-0.39, 0.29) is 5.91 Å². The molecule has 2 aromatic rings. The molecule has 1 aromatic carbocycles. The van der Waals surface area contributed by atoms with Crippen LogP contribution >= 0.6 is 11.8 Å². The number of carbonyl (C=O) groups excluding carboxylic acids is 2. The van der Waals surface area contributed by atoms with Crippen molar-refractivity contribution in [3.05, 3.63) is 36.2 Å². The Morgan fingerprint density at radius 3 is 2.68 bits per heavy atom. The lowest BCUT2D eigenvalue weighted by atomic mass is 10.3. The van der Waals surface area contributed by atoms with E-state index in [1.165, 1.54) is 11.8 Å². The molecule has 0 saturated heterocycles. The maximum Gasteiger partial charge on any atom is 0.321 e. The van der Waals surface area contributed by atoms with Crippen molar-refractivity contribution in [3.63, 3.8) is 0 Å². The highest BCUT2D eigenvalue weighted by atomic mass is 32.2. The molecule has 1 unspecified atom stereocenters. The van der Waals surface area contributed by atoms with Crippen LogP contribution in [0.25, 0.3) is 5.69 Å². The topological polar surface area (TPSA) is 88.9 Å². The fourth-order valence-corrected chi connectivity index (χ4v) is 3.11. The van der Waals surface area contributed by atoms with E-state index < -0.39 is 11.3 Å². The molecule has 1 aliphatic rings. The summed E-state index contributed by atoms with van der Waals surface area (Å²) >= 11 is 1.25. The molecule has 1 heterocycles. The zero-order valence-electron chi connectivity index (χ0n) is 14.2. The molecular weight excluding hydrogens is 338 g/mol. The lowest BCUT2D eigenvalue weighted by Gasteiger charge is -2.09. The van der Waals surface area contributed by atoms with Crippen LogP contribution in [0.4, 0.5) is 4.79 Å². The van der Waals surface area contributed by atoms with Crippen LogP contribution in [0.2, 0.25) is 0 Å². The number of hydrogen-bond donors (Lipinski definition) is 2. The van der Waals surface area contributed by atoms with Crippen LogP contribution in [-0.2, 0) is 4.79 Å². The molecule has 3 amide bonds. The van der Waals surface area contributed by atoms with Gasteiger partial charge in [0.15, 0.2) is 0 Å². The summed E-state index contributed by atoms with van der Waals surface area (Å²) in [6, 6.07) is 9.37. The number of amides is 3. The molecule has 1 aromatic heterocycles. The third kappa shape index (κ3) is 4.39. The second-order valence-corrected chi connectivity index (χ2v) is 7.19. The number of imide groups is 1. The first kappa shape index (κ1) is 17.5. The van der Waals surface area contributed by atoms with Gasteiger partial charge in [-0.05, 0) is 38.8 Å². The molecule has 25 heavy (non-hydrogen) atoms. The van der Waals surface area contributed by atoms with Gasteiger partial charge in [-0.2, -0.15) is 0 Å². The van der Waals surface area contributed by atoms with Gasteiger partial charge in [-0.1, -0.05) is 30.0 Å². The lowest BCUT2D eigenvalue weighted by molar-refractivity contribution is -0.119. The SMILES string of the molecule is CCNC(=O)NC(=O)C(C)Sc1nc(C2CC2)n(-c2ccccc2)n1. The largest absolute Gasteiger partial charge is 0.338 e. The van der Waals surface area contributed by atoms with Crippen LogP contribution in [0.3, 0.4) is 0 Å². The zero-order valence-corrected chi connectivity index (χ0v) is 15.0. The smallest absolute Gasteiger partial charge is 0.321 e. The van der Waals surface area contributed by atoms with E-state index in [1.54, 1.807) is 13.8 Å². The minimum atomic E-state index is -0.485. The van der Waals surface area contributed by atoms with Crippen molar-refractivity contribution >= 4 is 23.7 Å². The number of urea groups is 1. The average Bonchev–Trinajstić information content (AvgIpc) is 3.36. The molecule has 0 bridgehead atoms. The van der Waals surface area contributed by atoms with E-state index in [9.17, 15) is 9.59 Å². The molecule has 1 saturated carbocycles. The molecule has 1 aliphatic carbocycles. The molecule has 0 radical (unpaired) electrons. The molecular formula is C17H21N5O2S. The second kappa shape index (κ2) is 7.69. The Kier molecular flexibility index (Phi) is 5.37. The average molecular weight is 359 g/mol. The minimum absolute atomic E-state index is 0.361. The van der Waals surface area contributed by atoms with Crippen molar-refractivity contribution in [2.24, 2.45) is 0 Å².